The van der Waals surface area contributed by atoms with Crippen LogP contribution in [0.2, 0.25) is 5.02 Å². The molecule has 0 bridgehead atoms. The number of anilines is 2. The maximum Gasteiger partial charge on any atom is 0.402 e. The van der Waals surface area contributed by atoms with Crippen LogP contribution in [0.4, 0.5) is 33.7 Å². The van der Waals surface area contributed by atoms with Crippen LogP contribution in [0.1, 0.15) is 50.2 Å². The summed E-state index contributed by atoms with van der Waals surface area (Å²) in [5.74, 6) is -0.216. The number of urea groups is 1. The van der Waals surface area contributed by atoms with Crippen molar-refractivity contribution >= 4 is 39.0 Å². The van der Waals surface area contributed by atoms with Gasteiger partial charge in [0.25, 0.3) is 0 Å². The maximum atomic E-state index is 13.4. The Balaban J connectivity index is 1.60. The van der Waals surface area contributed by atoms with Gasteiger partial charge in [-0.2, -0.15) is 13.2 Å². The van der Waals surface area contributed by atoms with Gasteiger partial charge in [-0.05, 0) is 68.4 Å². The minimum atomic E-state index is -4.74. The summed E-state index contributed by atoms with van der Waals surface area (Å²) in [6.07, 6.45) is 0.584. The lowest BCUT2D eigenvalue weighted by Crippen LogP contribution is -2.34. The first-order chi connectivity index (χ1) is 17.4. The molecule has 3 N–H and O–H groups in total. The molecule has 4 rings (SSSR count). The minimum absolute atomic E-state index is 0.0485. The molecule has 2 amide bonds. The fourth-order valence-corrected chi connectivity index (χ4v) is 5.67. The van der Waals surface area contributed by atoms with Crippen LogP contribution >= 0.6 is 11.6 Å². The number of ether oxygens (including phenoxy) is 1. The maximum absolute atomic E-state index is 13.4. The molecule has 2 atom stereocenters. The third-order valence-electron chi connectivity index (χ3n) is 6.54. The average molecular weight is 564 g/mol. The average Bonchev–Trinajstić information content (AvgIpc) is 2.79. The van der Waals surface area contributed by atoms with Crippen molar-refractivity contribution in [2.75, 3.05) is 17.2 Å². The topological polar surface area (TPSA) is 96.5 Å². The van der Waals surface area contributed by atoms with E-state index in [1.807, 2.05) is 0 Å². The summed E-state index contributed by atoms with van der Waals surface area (Å²) >= 11 is 5.76. The first kappa shape index (κ1) is 27.6. The van der Waals surface area contributed by atoms with E-state index in [9.17, 15) is 30.8 Å². The van der Waals surface area contributed by atoms with Crippen molar-refractivity contribution in [1.29, 1.82) is 0 Å². The van der Waals surface area contributed by atoms with Gasteiger partial charge in [-0.15, -0.1) is 0 Å². The Kier molecular flexibility index (Phi) is 8.32. The van der Waals surface area contributed by atoms with E-state index in [0.717, 1.165) is 44.2 Å². The zero-order valence-corrected chi connectivity index (χ0v) is 21.1. The molecule has 1 heterocycles. The number of benzene rings is 2. The zero-order valence-electron chi connectivity index (χ0n) is 19.6. The second-order valence-corrected chi connectivity index (χ2v) is 11.4. The molecule has 1 saturated carbocycles. The standard InChI is InChI=1S/C24H26ClF4N3O4S/c25-18-11-15(7-10-19(18)26)31-23(33)32-20-12-16(37(34,35)30-13-24(27,28)29)8-9-17(20)22-6-2-5-21(36-22)14-3-1-4-14/h7-12,14,21-22,30H,1-6,13H2,(H2,31,32,33). The van der Waals surface area contributed by atoms with E-state index in [1.54, 1.807) is 0 Å². The number of hydrogen-bond donors (Lipinski definition) is 3. The van der Waals surface area contributed by atoms with E-state index >= 15 is 0 Å². The van der Waals surface area contributed by atoms with Gasteiger partial charge >= 0.3 is 12.2 Å². The monoisotopic (exact) mass is 563 g/mol. The van der Waals surface area contributed by atoms with Crippen molar-refractivity contribution in [2.45, 2.75) is 61.8 Å². The SMILES string of the molecule is O=C(Nc1ccc(F)c(Cl)c1)Nc1cc(S(=O)(=O)NCC(F)(F)F)ccc1C1CCCC(C2CCC2)O1. The smallest absolute Gasteiger partial charge is 0.370 e. The Bertz CT molecular complexity index is 1260. The second-order valence-electron chi connectivity index (χ2n) is 9.18. The van der Waals surface area contributed by atoms with Crippen LogP contribution in [0.3, 0.4) is 0 Å². The summed E-state index contributed by atoms with van der Waals surface area (Å²) in [6.45, 7) is -1.74. The van der Waals surface area contributed by atoms with Gasteiger partial charge < -0.3 is 15.4 Å². The number of amides is 2. The van der Waals surface area contributed by atoms with Crippen molar-refractivity contribution < 1.29 is 35.5 Å². The van der Waals surface area contributed by atoms with Crippen molar-refractivity contribution in [2.24, 2.45) is 5.92 Å². The molecule has 2 aliphatic rings. The van der Waals surface area contributed by atoms with E-state index in [1.165, 1.54) is 29.0 Å². The predicted molar refractivity (Wildman–Crippen MR) is 131 cm³/mol. The molecule has 202 valence electrons. The normalized spacial score (nSPS) is 20.8. The lowest BCUT2D eigenvalue weighted by Gasteiger charge is -2.39. The fourth-order valence-electron chi connectivity index (χ4n) is 4.45. The number of alkyl halides is 3. The van der Waals surface area contributed by atoms with Gasteiger partial charge in [0, 0.05) is 16.9 Å². The lowest BCUT2D eigenvalue weighted by molar-refractivity contribution is -0.121. The Morgan fingerprint density at radius 2 is 1.76 bits per heavy atom. The highest BCUT2D eigenvalue weighted by atomic mass is 35.5. The van der Waals surface area contributed by atoms with Gasteiger partial charge in [-0.1, -0.05) is 24.1 Å². The van der Waals surface area contributed by atoms with Crippen LogP contribution in [0.15, 0.2) is 41.3 Å². The van der Waals surface area contributed by atoms with Crippen molar-refractivity contribution in [3.05, 3.63) is 52.8 Å². The summed E-state index contributed by atoms with van der Waals surface area (Å²) in [5.41, 5.74) is 0.756. The molecule has 13 heteroatoms. The largest absolute Gasteiger partial charge is 0.402 e. The molecule has 0 spiro atoms. The summed E-state index contributed by atoms with van der Waals surface area (Å²) in [7, 11) is -4.53. The molecule has 7 nitrogen and oxygen atoms in total. The zero-order chi connectivity index (χ0) is 26.8. The lowest BCUT2D eigenvalue weighted by atomic mass is 9.78. The Morgan fingerprint density at radius 1 is 1.03 bits per heavy atom. The molecular formula is C24H26ClF4N3O4S. The summed E-state index contributed by atoms with van der Waals surface area (Å²) in [6, 6.07) is 6.51. The quantitative estimate of drug-likeness (QED) is 0.341. The van der Waals surface area contributed by atoms with Gasteiger partial charge in [0.05, 0.1) is 22.1 Å². The van der Waals surface area contributed by atoms with Crippen LogP contribution in [-0.2, 0) is 14.8 Å². The van der Waals surface area contributed by atoms with Gasteiger partial charge in [0.15, 0.2) is 0 Å². The van der Waals surface area contributed by atoms with Gasteiger partial charge in [0.1, 0.15) is 12.4 Å². The van der Waals surface area contributed by atoms with Gasteiger partial charge in [0.2, 0.25) is 10.0 Å². The van der Waals surface area contributed by atoms with Crippen LogP contribution in [-0.4, -0.2) is 33.3 Å². The van der Waals surface area contributed by atoms with E-state index in [4.69, 9.17) is 16.3 Å². The van der Waals surface area contributed by atoms with Crippen molar-refractivity contribution in [1.82, 2.24) is 4.72 Å². The highest BCUT2D eigenvalue weighted by molar-refractivity contribution is 7.89. The van der Waals surface area contributed by atoms with Crippen LogP contribution in [0.25, 0.3) is 0 Å². The molecular weight excluding hydrogens is 538 g/mol. The molecule has 2 aromatic carbocycles. The number of hydrogen-bond acceptors (Lipinski definition) is 4. The molecule has 2 unspecified atom stereocenters. The number of sulfonamides is 1. The molecule has 37 heavy (non-hydrogen) atoms. The number of carbonyl (C=O) groups is 1. The third-order valence-corrected chi connectivity index (χ3v) is 8.23. The highest BCUT2D eigenvalue weighted by Gasteiger charge is 2.35. The van der Waals surface area contributed by atoms with E-state index < -0.39 is 45.6 Å². The highest BCUT2D eigenvalue weighted by Crippen LogP contribution is 2.42. The van der Waals surface area contributed by atoms with Gasteiger partial charge in [-0.25, -0.2) is 22.3 Å². The van der Waals surface area contributed by atoms with Crippen molar-refractivity contribution in [3.8, 4) is 0 Å². The third kappa shape index (κ3) is 7.13. The van der Waals surface area contributed by atoms with E-state index in [2.05, 4.69) is 10.6 Å². The van der Waals surface area contributed by atoms with Crippen LogP contribution in [0.5, 0.6) is 0 Å². The van der Waals surface area contributed by atoms with Crippen molar-refractivity contribution in [3.63, 3.8) is 0 Å². The molecule has 2 fully saturated rings. The van der Waals surface area contributed by atoms with Gasteiger partial charge in [-0.3, -0.25) is 0 Å². The first-order valence-electron chi connectivity index (χ1n) is 11.8. The van der Waals surface area contributed by atoms with E-state index in [-0.39, 0.29) is 22.5 Å². The second kappa shape index (κ2) is 11.1. The van der Waals surface area contributed by atoms with Crippen LogP contribution < -0.4 is 15.4 Å². The molecule has 0 radical (unpaired) electrons. The summed E-state index contributed by atoms with van der Waals surface area (Å²) < 4.78 is 84.2. The minimum Gasteiger partial charge on any atom is -0.370 e. The molecule has 1 aliphatic heterocycles. The summed E-state index contributed by atoms with van der Waals surface area (Å²) in [5, 5.41) is 4.84. The molecule has 2 aromatic rings. The predicted octanol–water partition coefficient (Wildman–Crippen LogP) is 6.37. The molecule has 0 aromatic heterocycles. The number of halogens is 5. The van der Waals surface area contributed by atoms with E-state index in [0.29, 0.717) is 17.9 Å². The molecule has 1 aliphatic carbocycles. The Morgan fingerprint density at radius 3 is 2.41 bits per heavy atom. The number of nitrogens with one attached hydrogen (secondary N) is 3. The number of rotatable bonds is 7. The number of carbonyl (C=O) groups excluding carboxylic acids is 1. The van der Waals surface area contributed by atoms with Crippen LogP contribution in [0, 0.1) is 11.7 Å². The first-order valence-corrected chi connectivity index (χ1v) is 13.7. The molecule has 1 saturated heterocycles. The Hall–Kier alpha value is -2.41. The fraction of sp³-hybridized carbons (Fsp3) is 0.458. The Labute approximate surface area is 217 Å². The summed E-state index contributed by atoms with van der Waals surface area (Å²) in [4.78, 5) is 12.3.